The van der Waals surface area contributed by atoms with E-state index in [1.54, 1.807) is 13.0 Å². The highest BCUT2D eigenvalue weighted by molar-refractivity contribution is 9.10. The number of nitrogens with zero attached hydrogens (tertiary/aromatic N) is 3. The molecule has 0 amide bonds. The lowest BCUT2D eigenvalue weighted by molar-refractivity contribution is -0.145. The Morgan fingerprint density at radius 3 is 3.05 bits per heavy atom. The molecule has 0 saturated heterocycles. The summed E-state index contributed by atoms with van der Waals surface area (Å²) in [5.41, 5.74) is 8.37. The number of benzene rings is 1. The first-order valence-electron chi connectivity index (χ1n) is 5.96. The fourth-order valence-corrected chi connectivity index (χ4v) is 1.96. The number of hydrogen-bond acceptors (Lipinski definition) is 4. The number of esters is 1. The van der Waals surface area contributed by atoms with Gasteiger partial charge in [-0.2, -0.15) is 0 Å². The van der Waals surface area contributed by atoms with E-state index in [2.05, 4.69) is 31.3 Å². The van der Waals surface area contributed by atoms with Crippen molar-refractivity contribution >= 4 is 21.9 Å². The van der Waals surface area contributed by atoms with Crippen molar-refractivity contribution in [3.63, 3.8) is 0 Å². The van der Waals surface area contributed by atoms with Crippen LogP contribution in [0.3, 0.4) is 0 Å². The SMILES string of the molecule is CCOC(=O)C(NCCN=[N+]=[N-])c1cc(Br)ccc1F. The van der Waals surface area contributed by atoms with Gasteiger partial charge in [0.15, 0.2) is 0 Å². The molecule has 0 aliphatic heterocycles. The van der Waals surface area contributed by atoms with Crippen molar-refractivity contribution in [2.24, 2.45) is 5.11 Å². The molecule has 0 radical (unpaired) electrons. The van der Waals surface area contributed by atoms with Crippen molar-refractivity contribution in [3.8, 4) is 0 Å². The first-order valence-corrected chi connectivity index (χ1v) is 6.75. The van der Waals surface area contributed by atoms with Crippen LogP contribution in [0.25, 0.3) is 10.4 Å². The molecular formula is C12H14BrFN4O2. The summed E-state index contributed by atoms with van der Waals surface area (Å²) in [7, 11) is 0. The van der Waals surface area contributed by atoms with Gasteiger partial charge >= 0.3 is 5.97 Å². The Kier molecular flexibility index (Phi) is 7.00. The van der Waals surface area contributed by atoms with Crippen LogP contribution in [0.15, 0.2) is 27.8 Å². The predicted molar refractivity (Wildman–Crippen MR) is 75.5 cm³/mol. The predicted octanol–water partition coefficient (Wildman–Crippen LogP) is 3.09. The Hall–Kier alpha value is -1.63. The molecule has 1 atom stereocenters. The van der Waals surface area contributed by atoms with Crippen molar-refractivity contribution < 1.29 is 13.9 Å². The highest BCUT2D eigenvalue weighted by Gasteiger charge is 2.24. The van der Waals surface area contributed by atoms with E-state index in [1.807, 2.05) is 0 Å². The van der Waals surface area contributed by atoms with E-state index in [-0.39, 0.29) is 25.3 Å². The quantitative estimate of drug-likeness (QED) is 0.271. The van der Waals surface area contributed by atoms with Gasteiger partial charge in [-0.3, -0.25) is 0 Å². The van der Waals surface area contributed by atoms with Crippen LogP contribution in [0, 0.1) is 5.82 Å². The molecule has 1 rings (SSSR count). The second kappa shape index (κ2) is 8.52. The summed E-state index contributed by atoms with van der Waals surface area (Å²) >= 11 is 3.23. The zero-order valence-corrected chi connectivity index (χ0v) is 12.4. The Bertz CT molecular complexity index is 520. The average molecular weight is 345 g/mol. The minimum Gasteiger partial charge on any atom is -0.465 e. The van der Waals surface area contributed by atoms with Gasteiger partial charge in [-0.25, -0.2) is 9.18 Å². The molecule has 1 aromatic carbocycles. The van der Waals surface area contributed by atoms with Crippen molar-refractivity contribution in [3.05, 3.63) is 44.5 Å². The van der Waals surface area contributed by atoms with Crippen LogP contribution in [-0.4, -0.2) is 25.7 Å². The molecule has 20 heavy (non-hydrogen) atoms. The molecule has 0 bridgehead atoms. The van der Waals surface area contributed by atoms with Gasteiger partial charge in [0.2, 0.25) is 0 Å². The fourth-order valence-electron chi connectivity index (χ4n) is 1.59. The molecule has 0 aliphatic rings. The number of carbonyl (C=O) groups excluding carboxylic acids is 1. The Morgan fingerprint density at radius 2 is 2.40 bits per heavy atom. The Labute approximate surface area is 124 Å². The normalized spacial score (nSPS) is 11.6. The molecule has 108 valence electrons. The molecule has 1 aromatic rings. The molecule has 0 saturated carbocycles. The van der Waals surface area contributed by atoms with Gasteiger partial charge in [-0.05, 0) is 30.7 Å². The molecule has 0 spiro atoms. The van der Waals surface area contributed by atoms with Gasteiger partial charge in [0, 0.05) is 28.0 Å². The van der Waals surface area contributed by atoms with E-state index in [4.69, 9.17) is 10.3 Å². The van der Waals surface area contributed by atoms with Crippen molar-refractivity contribution in [2.75, 3.05) is 19.7 Å². The molecule has 0 heterocycles. The number of nitrogens with one attached hydrogen (secondary N) is 1. The van der Waals surface area contributed by atoms with Gasteiger partial charge in [-0.1, -0.05) is 21.0 Å². The van der Waals surface area contributed by atoms with Crippen LogP contribution in [0.1, 0.15) is 18.5 Å². The summed E-state index contributed by atoms with van der Waals surface area (Å²) < 4.78 is 19.4. The van der Waals surface area contributed by atoms with Crippen LogP contribution >= 0.6 is 15.9 Å². The van der Waals surface area contributed by atoms with Crippen LogP contribution < -0.4 is 5.32 Å². The summed E-state index contributed by atoms with van der Waals surface area (Å²) in [5, 5.41) is 6.17. The number of rotatable bonds is 7. The van der Waals surface area contributed by atoms with Crippen LogP contribution in [0.4, 0.5) is 4.39 Å². The fraction of sp³-hybridized carbons (Fsp3) is 0.417. The third kappa shape index (κ3) is 4.80. The lowest BCUT2D eigenvalue weighted by Gasteiger charge is -2.18. The monoisotopic (exact) mass is 344 g/mol. The molecule has 1 unspecified atom stereocenters. The van der Waals surface area contributed by atoms with E-state index >= 15 is 0 Å². The smallest absolute Gasteiger partial charge is 0.327 e. The molecular weight excluding hydrogens is 331 g/mol. The number of ether oxygens (including phenoxy) is 1. The molecule has 8 heteroatoms. The van der Waals surface area contributed by atoms with Crippen LogP contribution in [0.2, 0.25) is 0 Å². The Morgan fingerprint density at radius 1 is 1.65 bits per heavy atom. The topological polar surface area (TPSA) is 87.1 Å². The third-order valence-electron chi connectivity index (χ3n) is 2.41. The van der Waals surface area contributed by atoms with Gasteiger partial charge in [-0.15, -0.1) is 0 Å². The molecule has 1 N–H and O–H groups in total. The van der Waals surface area contributed by atoms with E-state index < -0.39 is 17.8 Å². The van der Waals surface area contributed by atoms with Gasteiger partial charge in [0.05, 0.1) is 6.61 Å². The lowest BCUT2D eigenvalue weighted by Crippen LogP contribution is -2.32. The minimum atomic E-state index is -0.943. The zero-order valence-electron chi connectivity index (χ0n) is 10.8. The maximum Gasteiger partial charge on any atom is 0.327 e. The van der Waals surface area contributed by atoms with E-state index in [9.17, 15) is 9.18 Å². The highest BCUT2D eigenvalue weighted by atomic mass is 79.9. The lowest BCUT2D eigenvalue weighted by atomic mass is 10.1. The summed E-state index contributed by atoms with van der Waals surface area (Å²) in [4.78, 5) is 14.5. The van der Waals surface area contributed by atoms with Crippen LogP contribution in [0.5, 0.6) is 0 Å². The summed E-state index contributed by atoms with van der Waals surface area (Å²) in [5.74, 6) is -1.09. The molecule has 0 aromatic heterocycles. The van der Waals surface area contributed by atoms with Crippen molar-refractivity contribution in [2.45, 2.75) is 13.0 Å². The van der Waals surface area contributed by atoms with E-state index in [1.165, 1.54) is 12.1 Å². The third-order valence-corrected chi connectivity index (χ3v) is 2.91. The molecule has 6 nitrogen and oxygen atoms in total. The number of halogens is 2. The summed E-state index contributed by atoms with van der Waals surface area (Å²) in [6.07, 6.45) is 0. The average Bonchev–Trinajstić information content (AvgIpc) is 2.42. The van der Waals surface area contributed by atoms with Crippen molar-refractivity contribution in [1.29, 1.82) is 0 Å². The van der Waals surface area contributed by atoms with Gasteiger partial charge in [0.25, 0.3) is 0 Å². The molecule has 0 fully saturated rings. The standard InChI is InChI=1S/C12H14BrFN4O2/c1-2-20-12(19)11(16-5-6-17-18-15)9-7-8(13)3-4-10(9)14/h3-4,7,11,16H,2,5-6H2,1H3. The second-order valence-corrected chi connectivity index (χ2v) is 4.68. The Balaban J connectivity index is 2.93. The van der Waals surface area contributed by atoms with Crippen LogP contribution in [-0.2, 0) is 9.53 Å². The van der Waals surface area contributed by atoms with E-state index in [0.29, 0.717) is 4.47 Å². The summed E-state index contributed by atoms with van der Waals surface area (Å²) in [6, 6.07) is 3.38. The second-order valence-electron chi connectivity index (χ2n) is 3.76. The minimum absolute atomic E-state index is 0.155. The van der Waals surface area contributed by atoms with Gasteiger partial charge < -0.3 is 10.1 Å². The first-order chi connectivity index (χ1) is 9.60. The summed E-state index contributed by atoms with van der Waals surface area (Å²) in [6.45, 7) is 2.26. The maximum absolute atomic E-state index is 13.8. The molecule has 0 aliphatic carbocycles. The number of hydrogen-bond donors (Lipinski definition) is 1. The number of azide groups is 1. The largest absolute Gasteiger partial charge is 0.465 e. The zero-order chi connectivity index (χ0) is 15.0. The van der Waals surface area contributed by atoms with Crippen molar-refractivity contribution in [1.82, 2.24) is 5.32 Å². The maximum atomic E-state index is 13.8. The highest BCUT2D eigenvalue weighted by Crippen LogP contribution is 2.22. The van der Waals surface area contributed by atoms with E-state index in [0.717, 1.165) is 0 Å². The number of carbonyl (C=O) groups is 1. The first kappa shape index (κ1) is 16.4. The van der Waals surface area contributed by atoms with Gasteiger partial charge in [0.1, 0.15) is 11.9 Å².